The molecular formula is C17H21NO. The highest BCUT2D eigenvalue weighted by Gasteiger charge is 2.21. The maximum atomic E-state index is 6.08. The van der Waals surface area contributed by atoms with Crippen LogP contribution >= 0.6 is 0 Å². The monoisotopic (exact) mass is 255 g/mol. The molecule has 1 atom stereocenters. The number of hydrogen-bond donors (Lipinski definition) is 1. The molecule has 0 spiro atoms. The second kappa shape index (κ2) is 5.22. The second-order valence-corrected chi connectivity index (χ2v) is 5.57. The van der Waals surface area contributed by atoms with E-state index >= 15 is 0 Å². The van der Waals surface area contributed by atoms with E-state index in [2.05, 4.69) is 36.4 Å². The molecule has 0 aliphatic heterocycles. The molecule has 3 rings (SSSR count). The summed E-state index contributed by atoms with van der Waals surface area (Å²) in [4.78, 5) is 0. The molecule has 1 fully saturated rings. The molecule has 0 heterocycles. The molecule has 100 valence electrons. The first kappa shape index (κ1) is 12.5. The van der Waals surface area contributed by atoms with Crippen molar-refractivity contribution in [1.82, 2.24) is 0 Å². The highest BCUT2D eigenvalue weighted by atomic mass is 16.5. The van der Waals surface area contributed by atoms with E-state index in [1.165, 1.54) is 30.0 Å². The summed E-state index contributed by atoms with van der Waals surface area (Å²) in [6.07, 6.45) is 3.92. The molecule has 0 bridgehead atoms. The van der Waals surface area contributed by atoms with Crippen molar-refractivity contribution >= 4 is 10.8 Å². The molecule has 0 saturated heterocycles. The molecule has 0 amide bonds. The number of ether oxygens (including phenoxy) is 1. The molecule has 1 saturated carbocycles. The molecule has 2 heteroatoms. The van der Waals surface area contributed by atoms with Gasteiger partial charge in [0.15, 0.2) is 0 Å². The average Bonchev–Trinajstić information content (AvgIpc) is 3.22. The summed E-state index contributed by atoms with van der Waals surface area (Å²) >= 11 is 0. The number of fused-ring (bicyclic) bond motifs is 1. The van der Waals surface area contributed by atoms with Crippen LogP contribution < -0.4 is 10.5 Å². The van der Waals surface area contributed by atoms with Crippen LogP contribution in [0, 0.1) is 5.92 Å². The lowest BCUT2D eigenvalue weighted by atomic mass is 10.0. The van der Waals surface area contributed by atoms with Gasteiger partial charge in [-0.25, -0.2) is 0 Å². The van der Waals surface area contributed by atoms with Gasteiger partial charge >= 0.3 is 0 Å². The Morgan fingerprint density at radius 2 is 2.00 bits per heavy atom. The van der Waals surface area contributed by atoms with Crippen molar-refractivity contribution in [2.45, 2.75) is 32.2 Å². The Balaban J connectivity index is 1.93. The van der Waals surface area contributed by atoms with Crippen molar-refractivity contribution in [1.29, 1.82) is 0 Å². The Bertz CT molecular complexity index is 572. The number of nitrogens with two attached hydrogens (primary N) is 1. The second-order valence-electron chi connectivity index (χ2n) is 5.57. The lowest BCUT2D eigenvalue weighted by molar-refractivity contribution is 0.302. The van der Waals surface area contributed by atoms with Gasteiger partial charge in [0.1, 0.15) is 5.75 Å². The van der Waals surface area contributed by atoms with Crippen LogP contribution in [0.25, 0.3) is 10.8 Å². The minimum absolute atomic E-state index is 0.000492. The maximum absolute atomic E-state index is 6.08. The third kappa shape index (κ3) is 2.74. The van der Waals surface area contributed by atoms with Gasteiger partial charge in [-0.05, 0) is 24.6 Å². The molecule has 2 aromatic carbocycles. The smallest absolute Gasteiger partial charge is 0.131 e. The van der Waals surface area contributed by atoms with E-state index in [1.807, 2.05) is 6.92 Å². The van der Waals surface area contributed by atoms with E-state index in [1.54, 1.807) is 0 Å². The average molecular weight is 255 g/mol. The van der Waals surface area contributed by atoms with Crippen molar-refractivity contribution in [3.05, 3.63) is 42.0 Å². The van der Waals surface area contributed by atoms with E-state index in [-0.39, 0.29) is 6.04 Å². The summed E-state index contributed by atoms with van der Waals surface area (Å²) in [7, 11) is 0. The molecule has 2 nitrogen and oxygen atoms in total. The van der Waals surface area contributed by atoms with Crippen LogP contribution in [0.2, 0.25) is 0 Å². The standard InChI is InChI=1S/C17H21NO/c1-12(18)15-9-8-14-4-2-3-5-16(14)17(15)19-11-10-13-6-7-13/h2-5,8-9,12-13H,6-7,10-11,18H2,1H3/t12-/m1/s1. The zero-order valence-electron chi connectivity index (χ0n) is 11.4. The summed E-state index contributed by atoms with van der Waals surface area (Å²) in [6, 6.07) is 12.6. The molecule has 1 aliphatic rings. The minimum Gasteiger partial charge on any atom is -0.493 e. The van der Waals surface area contributed by atoms with Crippen LogP contribution in [0.3, 0.4) is 0 Å². The molecule has 2 N–H and O–H groups in total. The van der Waals surface area contributed by atoms with E-state index in [4.69, 9.17) is 10.5 Å². The van der Waals surface area contributed by atoms with Crippen LogP contribution in [0.1, 0.15) is 37.8 Å². The van der Waals surface area contributed by atoms with Crippen molar-refractivity contribution in [3.8, 4) is 5.75 Å². The predicted molar refractivity (Wildman–Crippen MR) is 79.4 cm³/mol. The first-order valence-corrected chi connectivity index (χ1v) is 7.15. The lowest BCUT2D eigenvalue weighted by Crippen LogP contribution is -2.09. The topological polar surface area (TPSA) is 35.2 Å². The van der Waals surface area contributed by atoms with Gasteiger partial charge < -0.3 is 10.5 Å². The van der Waals surface area contributed by atoms with E-state index < -0.39 is 0 Å². The first-order valence-electron chi connectivity index (χ1n) is 7.15. The third-order valence-corrected chi connectivity index (χ3v) is 3.87. The summed E-state index contributed by atoms with van der Waals surface area (Å²) in [6.45, 7) is 2.82. The molecule has 0 aromatic heterocycles. The van der Waals surface area contributed by atoms with Crippen molar-refractivity contribution < 1.29 is 4.74 Å². The normalized spacial score (nSPS) is 16.5. The summed E-state index contributed by atoms with van der Waals surface area (Å²) in [5, 5.41) is 2.39. The zero-order valence-corrected chi connectivity index (χ0v) is 11.4. The van der Waals surface area contributed by atoms with Crippen LogP contribution in [0.4, 0.5) is 0 Å². The van der Waals surface area contributed by atoms with Crippen molar-refractivity contribution in [3.63, 3.8) is 0 Å². The maximum Gasteiger partial charge on any atom is 0.131 e. The fraction of sp³-hybridized carbons (Fsp3) is 0.412. The zero-order chi connectivity index (χ0) is 13.2. The largest absolute Gasteiger partial charge is 0.493 e. The molecule has 0 radical (unpaired) electrons. The Morgan fingerprint density at radius 3 is 2.74 bits per heavy atom. The highest BCUT2D eigenvalue weighted by Crippen LogP contribution is 2.35. The molecule has 2 aromatic rings. The van der Waals surface area contributed by atoms with E-state index in [0.29, 0.717) is 0 Å². The SMILES string of the molecule is C[C@@H](N)c1ccc2ccccc2c1OCCC1CC1. The summed E-state index contributed by atoms with van der Waals surface area (Å²) in [5.74, 6) is 1.88. The first-order chi connectivity index (χ1) is 9.25. The van der Waals surface area contributed by atoms with Gasteiger partial charge in [0.25, 0.3) is 0 Å². The van der Waals surface area contributed by atoms with Gasteiger partial charge in [-0.3, -0.25) is 0 Å². The Morgan fingerprint density at radius 1 is 1.21 bits per heavy atom. The molecule has 0 unspecified atom stereocenters. The fourth-order valence-electron chi connectivity index (χ4n) is 2.51. The third-order valence-electron chi connectivity index (χ3n) is 3.87. The van der Waals surface area contributed by atoms with Crippen molar-refractivity contribution in [2.24, 2.45) is 11.7 Å². The molecule has 1 aliphatic carbocycles. The Kier molecular flexibility index (Phi) is 3.43. The van der Waals surface area contributed by atoms with Gasteiger partial charge in [0, 0.05) is 17.0 Å². The van der Waals surface area contributed by atoms with Crippen LogP contribution in [-0.2, 0) is 0 Å². The van der Waals surface area contributed by atoms with Crippen LogP contribution in [0.5, 0.6) is 5.75 Å². The summed E-state index contributed by atoms with van der Waals surface area (Å²) < 4.78 is 6.08. The predicted octanol–water partition coefficient (Wildman–Crippen LogP) is 4.04. The number of hydrogen-bond acceptors (Lipinski definition) is 2. The van der Waals surface area contributed by atoms with Gasteiger partial charge in [0.2, 0.25) is 0 Å². The fourth-order valence-corrected chi connectivity index (χ4v) is 2.51. The Labute approximate surface area is 114 Å². The van der Waals surface area contributed by atoms with Crippen LogP contribution in [0.15, 0.2) is 36.4 Å². The quantitative estimate of drug-likeness (QED) is 0.875. The summed E-state index contributed by atoms with van der Waals surface area (Å²) in [5.41, 5.74) is 7.18. The van der Waals surface area contributed by atoms with Gasteiger partial charge in [-0.15, -0.1) is 0 Å². The van der Waals surface area contributed by atoms with E-state index in [9.17, 15) is 0 Å². The number of benzene rings is 2. The molecule has 19 heavy (non-hydrogen) atoms. The van der Waals surface area contributed by atoms with Gasteiger partial charge in [-0.1, -0.05) is 49.2 Å². The number of rotatable bonds is 5. The van der Waals surface area contributed by atoms with E-state index in [0.717, 1.165) is 23.8 Å². The molecular weight excluding hydrogens is 234 g/mol. The highest BCUT2D eigenvalue weighted by molar-refractivity contribution is 5.89. The van der Waals surface area contributed by atoms with Crippen LogP contribution in [-0.4, -0.2) is 6.61 Å². The lowest BCUT2D eigenvalue weighted by Gasteiger charge is -2.16. The van der Waals surface area contributed by atoms with Gasteiger partial charge in [-0.2, -0.15) is 0 Å². The minimum atomic E-state index is 0.000492. The Hall–Kier alpha value is -1.54. The van der Waals surface area contributed by atoms with Crippen molar-refractivity contribution in [2.75, 3.05) is 6.61 Å². The van der Waals surface area contributed by atoms with Gasteiger partial charge in [0.05, 0.1) is 6.61 Å².